The molecule has 2 aromatic carbocycles. The average Bonchev–Trinajstić information content (AvgIpc) is 3.18. The second kappa shape index (κ2) is 8.68. The second-order valence-electron chi connectivity index (χ2n) is 7.21. The first kappa shape index (κ1) is 19.5. The summed E-state index contributed by atoms with van der Waals surface area (Å²) in [5.41, 5.74) is 2.34. The minimum atomic E-state index is -0.0242. The number of anilines is 1. The van der Waals surface area contributed by atoms with Crippen LogP contribution in [-0.4, -0.2) is 59.3 Å². The summed E-state index contributed by atoms with van der Waals surface area (Å²) in [5, 5.41) is 4.56. The van der Waals surface area contributed by atoms with Crippen LogP contribution in [0.25, 0.3) is 10.9 Å². The quantitative estimate of drug-likeness (QED) is 0.675. The highest BCUT2D eigenvalue weighted by Gasteiger charge is 2.23. The zero-order valence-corrected chi connectivity index (χ0v) is 16.8. The molecule has 7 heteroatoms. The van der Waals surface area contributed by atoms with Crippen molar-refractivity contribution >= 4 is 40.0 Å². The Morgan fingerprint density at radius 3 is 2.45 bits per heavy atom. The van der Waals surface area contributed by atoms with Crippen LogP contribution in [0, 0.1) is 0 Å². The third-order valence-corrected chi connectivity index (χ3v) is 5.45. The Bertz CT molecular complexity index is 974. The Morgan fingerprint density at radius 1 is 1.00 bits per heavy atom. The van der Waals surface area contributed by atoms with Crippen molar-refractivity contribution < 1.29 is 9.59 Å². The van der Waals surface area contributed by atoms with Crippen LogP contribution in [0.2, 0.25) is 5.02 Å². The molecule has 3 aromatic rings. The lowest BCUT2D eigenvalue weighted by Gasteiger charge is -2.34. The van der Waals surface area contributed by atoms with Gasteiger partial charge in [-0.25, -0.2) is 0 Å². The Labute approximate surface area is 174 Å². The van der Waals surface area contributed by atoms with E-state index in [0.717, 1.165) is 29.7 Å². The number of H-pyrrole nitrogens is 1. The number of amides is 2. The van der Waals surface area contributed by atoms with Crippen LogP contribution in [0.1, 0.15) is 16.9 Å². The van der Waals surface area contributed by atoms with Crippen LogP contribution < -0.4 is 5.32 Å². The van der Waals surface area contributed by atoms with Gasteiger partial charge >= 0.3 is 0 Å². The maximum Gasteiger partial charge on any atom is 0.270 e. The first-order chi connectivity index (χ1) is 14.1. The van der Waals surface area contributed by atoms with Gasteiger partial charge in [0.2, 0.25) is 5.91 Å². The van der Waals surface area contributed by atoms with Gasteiger partial charge in [-0.3, -0.25) is 14.5 Å². The molecule has 0 bridgehead atoms. The average molecular weight is 411 g/mol. The maximum atomic E-state index is 12.8. The molecule has 0 atom stereocenters. The Hall–Kier alpha value is -2.83. The van der Waals surface area contributed by atoms with Gasteiger partial charge in [-0.2, -0.15) is 0 Å². The number of benzene rings is 2. The predicted octanol–water partition coefficient (Wildman–Crippen LogP) is 3.61. The van der Waals surface area contributed by atoms with E-state index < -0.39 is 0 Å². The molecule has 29 heavy (non-hydrogen) atoms. The monoisotopic (exact) mass is 410 g/mol. The number of aromatic nitrogens is 1. The third kappa shape index (κ3) is 4.78. The number of piperazine rings is 1. The molecule has 2 amide bonds. The smallest absolute Gasteiger partial charge is 0.270 e. The number of hydrogen-bond acceptors (Lipinski definition) is 3. The predicted molar refractivity (Wildman–Crippen MR) is 115 cm³/mol. The van der Waals surface area contributed by atoms with Crippen LogP contribution >= 0.6 is 11.6 Å². The van der Waals surface area contributed by atoms with Gasteiger partial charge in [0.1, 0.15) is 5.69 Å². The van der Waals surface area contributed by atoms with Crippen molar-refractivity contribution in [2.24, 2.45) is 0 Å². The molecule has 1 aliphatic heterocycles. The number of aromatic amines is 1. The zero-order valence-electron chi connectivity index (χ0n) is 16.0. The van der Waals surface area contributed by atoms with Crippen LogP contribution in [0.5, 0.6) is 0 Å². The van der Waals surface area contributed by atoms with Crippen molar-refractivity contribution in [2.45, 2.75) is 6.42 Å². The summed E-state index contributed by atoms with van der Waals surface area (Å²) in [6, 6.07) is 16.9. The van der Waals surface area contributed by atoms with Gasteiger partial charge in [0.25, 0.3) is 5.91 Å². The van der Waals surface area contributed by atoms with E-state index in [4.69, 9.17) is 11.6 Å². The van der Waals surface area contributed by atoms with Gasteiger partial charge in [-0.1, -0.05) is 29.8 Å². The van der Waals surface area contributed by atoms with Gasteiger partial charge in [0.15, 0.2) is 0 Å². The third-order valence-electron chi connectivity index (χ3n) is 5.20. The second-order valence-corrected chi connectivity index (χ2v) is 7.65. The minimum Gasteiger partial charge on any atom is -0.351 e. The summed E-state index contributed by atoms with van der Waals surface area (Å²) < 4.78 is 0. The summed E-state index contributed by atoms with van der Waals surface area (Å²) in [4.78, 5) is 32.2. The van der Waals surface area contributed by atoms with Gasteiger partial charge < -0.3 is 15.2 Å². The fraction of sp³-hybridized carbons (Fsp3) is 0.273. The first-order valence-electron chi connectivity index (χ1n) is 9.73. The molecular weight excluding hydrogens is 388 g/mol. The van der Waals surface area contributed by atoms with Crippen molar-refractivity contribution in [1.29, 1.82) is 0 Å². The van der Waals surface area contributed by atoms with Gasteiger partial charge in [0.05, 0.1) is 0 Å². The summed E-state index contributed by atoms with van der Waals surface area (Å²) in [5.74, 6) is 0.00485. The lowest BCUT2D eigenvalue weighted by molar-refractivity contribution is -0.116. The normalized spacial score (nSPS) is 14.9. The standard InChI is InChI=1S/C22H23ClN4O2/c23-17-5-7-18(8-6-17)24-21(28)9-10-26-11-13-27(14-12-26)22(29)20-15-16-3-1-2-4-19(16)25-20/h1-8,15,25H,9-14H2,(H,24,28). The van der Waals surface area contributed by atoms with E-state index in [2.05, 4.69) is 15.2 Å². The van der Waals surface area contributed by atoms with Crippen LogP contribution in [0.3, 0.4) is 0 Å². The van der Waals surface area contributed by atoms with E-state index in [1.807, 2.05) is 35.2 Å². The number of carbonyl (C=O) groups is 2. The molecule has 0 spiro atoms. The highest BCUT2D eigenvalue weighted by Crippen LogP contribution is 2.17. The molecular formula is C22H23ClN4O2. The number of carbonyl (C=O) groups excluding carboxylic acids is 2. The van der Waals surface area contributed by atoms with E-state index in [1.54, 1.807) is 24.3 Å². The van der Waals surface area contributed by atoms with Crippen molar-refractivity contribution in [2.75, 3.05) is 38.0 Å². The number of hydrogen-bond donors (Lipinski definition) is 2. The van der Waals surface area contributed by atoms with Crippen LogP contribution in [0.4, 0.5) is 5.69 Å². The molecule has 1 aliphatic rings. The van der Waals surface area contributed by atoms with Gasteiger partial charge in [0, 0.05) is 60.8 Å². The molecule has 2 heterocycles. The molecule has 2 N–H and O–H groups in total. The highest BCUT2D eigenvalue weighted by molar-refractivity contribution is 6.30. The molecule has 4 rings (SSSR count). The SMILES string of the molecule is O=C(CCN1CCN(C(=O)c2cc3ccccc3[nH]2)CC1)Nc1ccc(Cl)cc1. The summed E-state index contributed by atoms with van der Waals surface area (Å²) in [6.45, 7) is 3.52. The molecule has 6 nitrogen and oxygen atoms in total. The summed E-state index contributed by atoms with van der Waals surface area (Å²) in [7, 11) is 0. The molecule has 1 aromatic heterocycles. The fourth-order valence-electron chi connectivity index (χ4n) is 3.55. The fourth-order valence-corrected chi connectivity index (χ4v) is 3.68. The molecule has 0 unspecified atom stereocenters. The van der Waals surface area contributed by atoms with E-state index in [9.17, 15) is 9.59 Å². The van der Waals surface area contributed by atoms with Crippen molar-refractivity contribution in [3.8, 4) is 0 Å². The summed E-state index contributed by atoms with van der Waals surface area (Å²) in [6.07, 6.45) is 0.415. The Balaban J connectivity index is 1.24. The number of nitrogens with zero attached hydrogens (tertiary/aromatic N) is 2. The number of fused-ring (bicyclic) bond motifs is 1. The number of rotatable bonds is 5. The molecule has 0 radical (unpaired) electrons. The van der Waals surface area contributed by atoms with Crippen molar-refractivity contribution in [3.63, 3.8) is 0 Å². The Morgan fingerprint density at radius 2 is 1.72 bits per heavy atom. The van der Waals surface area contributed by atoms with E-state index in [-0.39, 0.29) is 11.8 Å². The molecule has 0 saturated carbocycles. The lowest BCUT2D eigenvalue weighted by Crippen LogP contribution is -2.49. The zero-order chi connectivity index (χ0) is 20.2. The Kier molecular flexibility index (Phi) is 5.83. The topological polar surface area (TPSA) is 68.4 Å². The molecule has 0 aliphatic carbocycles. The lowest BCUT2D eigenvalue weighted by atomic mass is 10.2. The maximum absolute atomic E-state index is 12.8. The largest absolute Gasteiger partial charge is 0.351 e. The van der Waals surface area contributed by atoms with Crippen molar-refractivity contribution in [3.05, 3.63) is 65.3 Å². The van der Waals surface area contributed by atoms with E-state index in [0.29, 0.717) is 36.8 Å². The number of nitrogens with one attached hydrogen (secondary N) is 2. The van der Waals surface area contributed by atoms with Crippen LogP contribution in [0.15, 0.2) is 54.6 Å². The van der Waals surface area contributed by atoms with Crippen molar-refractivity contribution in [1.82, 2.24) is 14.8 Å². The minimum absolute atomic E-state index is 0.0242. The van der Waals surface area contributed by atoms with Gasteiger partial charge in [-0.05, 0) is 36.4 Å². The summed E-state index contributed by atoms with van der Waals surface area (Å²) >= 11 is 5.86. The first-order valence-corrected chi connectivity index (χ1v) is 10.1. The van der Waals surface area contributed by atoms with Crippen LogP contribution in [-0.2, 0) is 4.79 Å². The van der Waals surface area contributed by atoms with E-state index in [1.165, 1.54) is 0 Å². The molecule has 150 valence electrons. The molecule has 1 fully saturated rings. The molecule has 1 saturated heterocycles. The number of halogens is 1. The van der Waals surface area contributed by atoms with Gasteiger partial charge in [-0.15, -0.1) is 0 Å². The van der Waals surface area contributed by atoms with E-state index >= 15 is 0 Å². The highest BCUT2D eigenvalue weighted by atomic mass is 35.5. The number of para-hydroxylation sites is 1.